The van der Waals surface area contributed by atoms with Crippen LogP contribution < -0.4 is 29.1 Å². The third-order valence-electron chi connectivity index (χ3n) is 5.76. The Kier molecular flexibility index (Phi) is 8.04. The van der Waals surface area contributed by atoms with Crippen LogP contribution in [0.25, 0.3) is 6.08 Å². The zero-order valence-corrected chi connectivity index (χ0v) is 22.7. The Hall–Kier alpha value is -3.56. The van der Waals surface area contributed by atoms with Crippen LogP contribution in [0.3, 0.4) is 0 Å². The van der Waals surface area contributed by atoms with Crippen LogP contribution in [-0.2, 0) is 9.53 Å². The Bertz CT molecular complexity index is 1560. The van der Waals surface area contributed by atoms with E-state index in [1.165, 1.54) is 23.0 Å². The first-order valence-corrected chi connectivity index (χ1v) is 12.9. The topological polar surface area (TPSA) is 88.4 Å². The van der Waals surface area contributed by atoms with Gasteiger partial charge in [0.2, 0.25) is 0 Å². The molecule has 4 rings (SSSR count). The predicted octanol–water partition coefficient (Wildman–Crippen LogP) is 3.87. The molecule has 0 spiro atoms. The molecule has 8 nitrogen and oxygen atoms in total. The quantitative estimate of drug-likeness (QED) is 0.402. The Morgan fingerprint density at radius 2 is 1.95 bits per heavy atom. The summed E-state index contributed by atoms with van der Waals surface area (Å²) in [7, 11) is 3.08. The average Bonchev–Trinajstić information content (AvgIpc) is 3.17. The van der Waals surface area contributed by atoms with Crippen molar-refractivity contribution >= 4 is 35.0 Å². The van der Waals surface area contributed by atoms with Crippen LogP contribution in [-0.4, -0.2) is 38.0 Å². The third kappa shape index (κ3) is 5.14. The van der Waals surface area contributed by atoms with E-state index >= 15 is 0 Å². The maximum absolute atomic E-state index is 13.8. The lowest BCUT2D eigenvalue weighted by Gasteiger charge is -2.25. The first-order valence-electron chi connectivity index (χ1n) is 11.7. The maximum atomic E-state index is 13.8. The lowest BCUT2D eigenvalue weighted by atomic mass is 9.95. The zero-order valence-electron chi connectivity index (χ0n) is 21.2. The second-order valence-corrected chi connectivity index (χ2v) is 9.46. The fraction of sp³-hybridized carbons (Fsp3) is 0.296. The molecule has 0 unspecified atom stereocenters. The number of halogens is 1. The number of hydrogen-bond donors (Lipinski definition) is 0. The van der Waals surface area contributed by atoms with E-state index in [4.69, 9.17) is 30.5 Å². The largest absolute Gasteiger partial charge is 0.497 e. The molecular weight excluding hydrogens is 516 g/mol. The Labute approximate surface area is 223 Å². The van der Waals surface area contributed by atoms with Crippen LogP contribution in [0.5, 0.6) is 17.2 Å². The van der Waals surface area contributed by atoms with E-state index in [-0.39, 0.29) is 12.2 Å². The molecule has 0 aliphatic carbocycles. The van der Waals surface area contributed by atoms with E-state index in [1.807, 2.05) is 19.1 Å². The molecule has 2 heterocycles. The number of carbonyl (C=O) groups excluding carboxylic acids is 1. The van der Waals surface area contributed by atoms with Crippen molar-refractivity contribution in [2.75, 3.05) is 27.4 Å². The molecular formula is C27H27ClN2O6S. The fourth-order valence-corrected chi connectivity index (χ4v) is 5.55. The van der Waals surface area contributed by atoms with Gasteiger partial charge in [-0.2, -0.15) is 0 Å². The Balaban J connectivity index is 1.94. The van der Waals surface area contributed by atoms with Crippen molar-refractivity contribution in [3.8, 4) is 17.2 Å². The highest BCUT2D eigenvalue weighted by molar-refractivity contribution is 7.07. The van der Waals surface area contributed by atoms with Gasteiger partial charge in [-0.25, -0.2) is 9.79 Å². The molecule has 2 aromatic carbocycles. The highest BCUT2D eigenvalue weighted by atomic mass is 35.5. The maximum Gasteiger partial charge on any atom is 0.338 e. The summed E-state index contributed by atoms with van der Waals surface area (Å²) in [6, 6.07) is 10.0. The molecule has 0 saturated carbocycles. The van der Waals surface area contributed by atoms with Gasteiger partial charge in [0.25, 0.3) is 5.56 Å². The molecule has 1 aliphatic heterocycles. The predicted molar refractivity (Wildman–Crippen MR) is 143 cm³/mol. The first kappa shape index (κ1) is 26.5. The molecule has 37 heavy (non-hydrogen) atoms. The lowest BCUT2D eigenvalue weighted by Crippen LogP contribution is -2.39. The number of hydrogen-bond acceptors (Lipinski definition) is 8. The van der Waals surface area contributed by atoms with Crippen LogP contribution in [0.15, 0.2) is 57.5 Å². The number of carbonyl (C=O) groups is 1. The van der Waals surface area contributed by atoms with Crippen LogP contribution >= 0.6 is 22.9 Å². The molecule has 3 aromatic rings. The SMILES string of the molecule is CCOC(=O)C1=C(C)N=c2s/c(=C\c3cc(Cl)c(OC)c(OCC)c3)c(=O)n2[C@H]1c1cccc(OC)c1. The van der Waals surface area contributed by atoms with Crippen LogP contribution in [0, 0.1) is 0 Å². The zero-order chi connectivity index (χ0) is 26.7. The van der Waals surface area contributed by atoms with Crippen molar-refractivity contribution in [3.05, 3.63) is 83.5 Å². The van der Waals surface area contributed by atoms with Crippen LogP contribution in [0.4, 0.5) is 0 Å². The monoisotopic (exact) mass is 542 g/mol. The molecule has 0 amide bonds. The van der Waals surface area contributed by atoms with Gasteiger partial charge < -0.3 is 18.9 Å². The molecule has 0 bridgehead atoms. The summed E-state index contributed by atoms with van der Waals surface area (Å²) in [5.41, 5.74) is 1.87. The standard InChI is InChI=1S/C27H27ClN2O6S/c1-6-35-20-12-16(11-19(28)24(20)34-5)13-21-25(31)30-23(17-9-8-10-18(14-17)33-4)22(26(32)36-7-2)15(3)29-27(30)37-21/h8-14,23H,6-7H2,1-5H3/b21-13-/t23-/m0/s1. The van der Waals surface area contributed by atoms with Crippen molar-refractivity contribution in [3.63, 3.8) is 0 Å². The molecule has 0 radical (unpaired) electrons. The van der Waals surface area contributed by atoms with E-state index in [1.54, 1.807) is 51.3 Å². The summed E-state index contributed by atoms with van der Waals surface area (Å²) >= 11 is 7.65. The normalized spacial score (nSPS) is 15.2. The van der Waals surface area contributed by atoms with Gasteiger partial charge in [-0.3, -0.25) is 9.36 Å². The van der Waals surface area contributed by atoms with Crippen molar-refractivity contribution in [1.82, 2.24) is 4.57 Å². The first-order chi connectivity index (χ1) is 17.8. The minimum absolute atomic E-state index is 0.200. The molecule has 0 fully saturated rings. The smallest absolute Gasteiger partial charge is 0.338 e. The number of nitrogens with zero attached hydrogens (tertiary/aromatic N) is 2. The van der Waals surface area contributed by atoms with Crippen molar-refractivity contribution in [2.24, 2.45) is 4.99 Å². The molecule has 1 aromatic heterocycles. The van der Waals surface area contributed by atoms with Gasteiger partial charge in [-0.15, -0.1) is 0 Å². The summed E-state index contributed by atoms with van der Waals surface area (Å²) in [5, 5.41) is 0.363. The van der Waals surface area contributed by atoms with Gasteiger partial charge in [0.05, 0.1) is 54.3 Å². The average molecular weight is 543 g/mol. The van der Waals surface area contributed by atoms with E-state index in [0.29, 0.717) is 60.6 Å². The van der Waals surface area contributed by atoms with E-state index in [0.717, 1.165) is 0 Å². The van der Waals surface area contributed by atoms with Crippen LogP contribution in [0.2, 0.25) is 5.02 Å². The van der Waals surface area contributed by atoms with Gasteiger partial charge in [0.15, 0.2) is 16.3 Å². The lowest BCUT2D eigenvalue weighted by molar-refractivity contribution is -0.139. The van der Waals surface area contributed by atoms with E-state index < -0.39 is 12.0 Å². The molecule has 194 valence electrons. The summed E-state index contributed by atoms with van der Waals surface area (Å²) in [4.78, 5) is 31.9. The second kappa shape index (κ2) is 11.2. The van der Waals surface area contributed by atoms with Crippen molar-refractivity contribution in [1.29, 1.82) is 0 Å². The number of aromatic nitrogens is 1. The summed E-state index contributed by atoms with van der Waals surface area (Å²) in [5.74, 6) is 0.990. The summed E-state index contributed by atoms with van der Waals surface area (Å²) in [6.07, 6.45) is 1.73. The van der Waals surface area contributed by atoms with Crippen molar-refractivity contribution in [2.45, 2.75) is 26.8 Å². The number of rotatable bonds is 8. The van der Waals surface area contributed by atoms with Gasteiger partial charge >= 0.3 is 5.97 Å². The summed E-state index contributed by atoms with van der Waals surface area (Å²) in [6.45, 7) is 5.97. The highest BCUT2D eigenvalue weighted by Gasteiger charge is 2.33. The molecule has 10 heteroatoms. The minimum Gasteiger partial charge on any atom is -0.497 e. The van der Waals surface area contributed by atoms with Gasteiger partial charge in [0, 0.05) is 0 Å². The van der Waals surface area contributed by atoms with E-state index in [9.17, 15) is 9.59 Å². The molecule has 1 aliphatic rings. The highest BCUT2D eigenvalue weighted by Crippen LogP contribution is 2.36. The number of thiazole rings is 1. The Morgan fingerprint density at radius 1 is 1.16 bits per heavy atom. The molecule has 1 atom stereocenters. The molecule has 0 N–H and O–H groups in total. The second-order valence-electron chi connectivity index (χ2n) is 8.05. The van der Waals surface area contributed by atoms with Gasteiger partial charge in [-0.05, 0) is 62.2 Å². The summed E-state index contributed by atoms with van der Waals surface area (Å²) < 4.78 is 23.7. The number of benzene rings is 2. The number of allylic oxidation sites excluding steroid dienone is 1. The molecule has 0 saturated heterocycles. The Morgan fingerprint density at radius 3 is 2.62 bits per heavy atom. The number of esters is 1. The minimum atomic E-state index is -0.731. The van der Waals surface area contributed by atoms with Gasteiger partial charge in [0.1, 0.15) is 5.75 Å². The third-order valence-corrected chi connectivity index (χ3v) is 7.02. The number of methoxy groups -OCH3 is 2. The van der Waals surface area contributed by atoms with E-state index in [2.05, 4.69) is 4.99 Å². The van der Waals surface area contributed by atoms with Gasteiger partial charge in [-0.1, -0.05) is 35.1 Å². The van der Waals surface area contributed by atoms with Crippen molar-refractivity contribution < 1.29 is 23.7 Å². The number of ether oxygens (including phenoxy) is 4. The van der Waals surface area contributed by atoms with Crippen LogP contribution in [0.1, 0.15) is 37.9 Å². The number of fused-ring (bicyclic) bond motifs is 1. The fourth-order valence-electron chi connectivity index (χ4n) is 4.20.